The van der Waals surface area contributed by atoms with Crippen LogP contribution < -0.4 is 4.65 Å². The SMILES string of the molecule is CN(C)C(=O)CCC(=O)C[C@H]1Cc2cccc(C(=O)O)c2OB1O. The number of ketones is 1. The van der Waals surface area contributed by atoms with Crippen LogP contribution in [0.3, 0.4) is 0 Å². The first kappa shape index (κ1) is 18.0. The average Bonchev–Trinajstić information content (AvgIpc) is 2.52. The summed E-state index contributed by atoms with van der Waals surface area (Å²) in [5.74, 6) is -1.68. The monoisotopic (exact) mass is 333 g/mol. The number of rotatable bonds is 6. The van der Waals surface area contributed by atoms with Gasteiger partial charge in [-0.3, -0.25) is 9.59 Å². The largest absolute Gasteiger partial charge is 0.535 e. The summed E-state index contributed by atoms with van der Waals surface area (Å²) < 4.78 is 5.35. The second-order valence-electron chi connectivity index (χ2n) is 6.10. The van der Waals surface area contributed by atoms with E-state index >= 15 is 0 Å². The number of aromatic carboxylic acids is 1. The normalized spacial score (nSPS) is 16.1. The van der Waals surface area contributed by atoms with Crippen molar-refractivity contribution in [2.45, 2.75) is 31.5 Å². The highest BCUT2D eigenvalue weighted by atomic mass is 16.5. The predicted octanol–water partition coefficient (Wildman–Crippen LogP) is 0.998. The molecule has 2 N–H and O–H groups in total. The van der Waals surface area contributed by atoms with Crippen molar-refractivity contribution in [3.8, 4) is 5.75 Å². The average molecular weight is 333 g/mol. The molecule has 7 nitrogen and oxygen atoms in total. The van der Waals surface area contributed by atoms with E-state index in [2.05, 4.69) is 0 Å². The number of carboxylic acid groups (broad SMARTS) is 1. The lowest BCUT2D eigenvalue weighted by Crippen LogP contribution is -2.36. The van der Waals surface area contributed by atoms with E-state index in [1.54, 1.807) is 26.2 Å². The number of nitrogens with zero attached hydrogens (tertiary/aromatic N) is 1. The van der Waals surface area contributed by atoms with Gasteiger partial charge in [0.2, 0.25) is 5.91 Å². The van der Waals surface area contributed by atoms with Gasteiger partial charge in [0.1, 0.15) is 11.5 Å². The minimum atomic E-state index is -1.24. The van der Waals surface area contributed by atoms with Crippen LogP contribution in [-0.2, 0) is 16.0 Å². The summed E-state index contributed by atoms with van der Waals surface area (Å²) >= 11 is 0. The van der Waals surface area contributed by atoms with Crippen molar-refractivity contribution in [2.24, 2.45) is 0 Å². The van der Waals surface area contributed by atoms with Crippen molar-refractivity contribution < 1.29 is 29.2 Å². The van der Waals surface area contributed by atoms with Gasteiger partial charge < -0.3 is 19.7 Å². The molecule has 1 atom stereocenters. The Kier molecular flexibility index (Phi) is 5.61. The van der Waals surface area contributed by atoms with E-state index in [-0.39, 0.29) is 42.3 Å². The van der Waals surface area contributed by atoms with Gasteiger partial charge in [0.05, 0.1) is 5.56 Å². The fourth-order valence-electron chi connectivity index (χ4n) is 2.69. The molecule has 0 aliphatic carbocycles. The van der Waals surface area contributed by atoms with E-state index in [9.17, 15) is 19.4 Å². The van der Waals surface area contributed by atoms with Gasteiger partial charge in [0.15, 0.2) is 0 Å². The lowest BCUT2D eigenvalue weighted by atomic mass is 9.64. The van der Waals surface area contributed by atoms with E-state index in [0.717, 1.165) is 0 Å². The minimum absolute atomic E-state index is 0.00657. The molecule has 2 rings (SSSR count). The maximum atomic E-state index is 12.0. The Morgan fingerprint density at radius 3 is 2.62 bits per heavy atom. The molecule has 0 spiro atoms. The van der Waals surface area contributed by atoms with Crippen LogP contribution in [0.25, 0.3) is 0 Å². The van der Waals surface area contributed by atoms with Crippen LogP contribution in [0.2, 0.25) is 5.82 Å². The Labute approximate surface area is 140 Å². The van der Waals surface area contributed by atoms with Crippen LogP contribution in [-0.4, -0.2) is 53.9 Å². The molecule has 128 valence electrons. The first-order valence-electron chi connectivity index (χ1n) is 7.71. The van der Waals surface area contributed by atoms with Crippen molar-refractivity contribution >= 4 is 24.8 Å². The standard InChI is InChI=1S/C16H20BNO6/c1-18(2)14(20)7-6-12(19)9-11-8-10-4-3-5-13(16(21)22)15(10)24-17(11)23/h3-5,11,23H,6-9H2,1-2H3,(H,21,22)/t11-/m1/s1. The number of benzene rings is 1. The molecule has 1 aromatic carbocycles. The highest BCUT2D eigenvalue weighted by molar-refractivity contribution is 6.47. The van der Waals surface area contributed by atoms with E-state index in [1.165, 1.54) is 11.0 Å². The summed E-state index contributed by atoms with van der Waals surface area (Å²) in [5.41, 5.74) is 0.648. The Morgan fingerprint density at radius 2 is 2.00 bits per heavy atom. The molecule has 0 unspecified atom stereocenters. The first-order chi connectivity index (χ1) is 11.3. The molecule has 1 aliphatic rings. The fourth-order valence-corrected chi connectivity index (χ4v) is 2.69. The van der Waals surface area contributed by atoms with Gasteiger partial charge in [-0.05, 0) is 18.1 Å². The third-order valence-corrected chi connectivity index (χ3v) is 4.06. The van der Waals surface area contributed by atoms with Crippen LogP contribution in [0.4, 0.5) is 0 Å². The molecule has 1 amide bonds. The van der Waals surface area contributed by atoms with E-state index in [0.29, 0.717) is 12.0 Å². The van der Waals surface area contributed by atoms with E-state index in [1.807, 2.05) is 0 Å². The third kappa shape index (κ3) is 4.14. The summed E-state index contributed by atoms with van der Waals surface area (Å²) in [7, 11) is 2.01. The van der Waals surface area contributed by atoms with E-state index in [4.69, 9.17) is 9.76 Å². The topological polar surface area (TPSA) is 104 Å². The Bertz CT molecular complexity index is 660. The van der Waals surface area contributed by atoms with Gasteiger partial charge in [0, 0.05) is 39.2 Å². The molecule has 1 aliphatic heterocycles. The Hall–Kier alpha value is -2.35. The summed E-state index contributed by atoms with van der Waals surface area (Å²) in [4.78, 5) is 36.2. The Balaban J connectivity index is 2.01. The number of hydrogen-bond donors (Lipinski definition) is 2. The highest BCUT2D eigenvalue weighted by Gasteiger charge is 2.37. The van der Waals surface area contributed by atoms with E-state index < -0.39 is 18.9 Å². The van der Waals surface area contributed by atoms with Gasteiger partial charge in [-0.2, -0.15) is 0 Å². The summed E-state index contributed by atoms with van der Waals surface area (Å²) in [6.45, 7) is 0. The molecule has 1 heterocycles. The number of hydrogen-bond acceptors (Lipinski definition) is 5. The zero-order valence-corrected chi connectivity index (χ0v) is 13.7. The number of fused-ring (bicyclic) bond motifs is 1. The molecule has 24 heavy (non-hydrogen) atoms. The summed E-state index contributed by atoms with van der Waals surface area (Å²) in [5, 5.41) is 19.2. The zero-order chi connectivity index (χ0) is 17.9. The Morgan fingerprint density at radius 1 is 1.29 bits per heavy atom. The van der Waals surface area contributed by atoms with Crippen molar-refractivity contribution in [1.29, 1.82) is 0 Å². The summed E-state index contributed by atoms with van der Waals surface area (Å²) in [6.07, 6.45) is 0.682. The van der Waals surface area contributed by atoms with Gasteiger partial charge in [-0.15, -0.1) is 0 Å². The lowest BCUT2D eigenvalue weighted by Gasteiger charge is -2.28. The fraction of sp³-hybridized carbons (Fsp3) is 0.438. The summed E-state index contributed by atoms with van der Waals surface area (Å²) in [6, 6.07) is 4.74. The third-order valence-electron chi connectivity index (χ3n) is 4.06. The molecule has 8 heteroatoms. The number of carboxylic acids is 1. The molecule has 0 aromatic heterocycles. The second kappa shape index (κ2) is 7.48. The highest BCUT2D eigenvalue weighted by Crippen LogP contribution is 2.36. The number of amides is 1. The van der Waals surface area contributed by atoms with Gasteiger partial charge in [-0.25, -0.2) is 4.79 Å². The van der Waals surface area contributed by atoms with Crippen LogP contribution in [0.15, 0.2) is 18.2 Å². The maximum absolute atomic E-state index is 12.0. The molecular weight excluding hydrogens is 313 g/mol. The molecule has 1 aromatic rings. The molecule has 0 radical (unpaired) electrons. The molecule has 0 saturated heterocycles. The molecule has 0 saturated carbocycles. The smallest absolute Gasteiger partial charge is 0.526 e. The zero-order valence-electron chi connectivity index (χ0n) is 13.7. The van der Waals surface area contributed by atoms with Crippen molar-refractivity contribution in [3.63, 3.8) is 0 Å². The number of carbonyl (C=O) groups is 3. The number of carbonyl (C=O) groups excluding carboxylic acids is 2. The quantitative estimate of drug-likeness (QED) is 0.753. The molecule has 0 fully saturated rings. The van der Waals surface area contributed by atoms with Crippen molar-refractivity contribution in [3.05, 3.63) is 29.3 Å². The van der Waals surface area contributed by atoms with Crippen molar-refractivity contribution in [2.75, 3.05) is 14.1 Å². The van der Waals surface area contributed by atoms with Crippen LogP contribution in [0.5, 0.6) is 5.75 Å². The molecule has 0 bridgehead atoms. The maximum Gasteiger partial charge on any atom is 0.526 e. The second-order valence-corrected chi connectivity index (χ2v) is 6.10. The predicted molar refractivity (Wildman–Crippen MR) is 87.0 cm³/mol. The van der Waals surface area contributed by atoms with Crippen LogP contribution in [0, 0.1) is 0 Å². The van der Waals surface area contributed by atoms with Gasteiger partial charge in [-0.1, -0.05) is 12.1 Å². The molecular formula is C16H20BNO6. The van der Waals surface area contributed by atoms with Crippen LogP contribution in [0.1, 0.15) is 35.2 Å². The van der Waals surface area contributed by atoms with Crippen molar-refractivity contribution in [1.82, 2.24) is 4.90 Å². The first-order valence-corrected chi connectivity index (χ1v) is 7.71. The van der Waals surface area contributed by atoms with Gasteiger partial charge >= 0.3 is 13.1 Å². The van der Waals surface area contributed by atoms with Gasteiger partial charge in [0.25, 0.3) is 0 Å². The number of Topliss-reactive ketones (excluding diaryl/α,β-unsaturated/α-hetero) is 1. The number of para-hydroxylation sites is 1. The minimum Gasteiger partial charge on any atom is -0.535 e. The van der Waals surface area contributed by atoms with Crippen LogP contribution >= 0.6 is 0 Å². The lowest BCUT2D eigenvalue weighted by molar-refractivity contribution is -0.131.